The molecule has 0 aromatic rings. The lowest BCUT2D eigenvalue weighted by atomic mass is 9.78. The number of nitrogens with zero attached hydrogens (tertiary/aromatic N) is 1. The molecule has 1 heterocycles. The van der Waals surface area contributed by atoms with Crippen LogP contribution < -0.4 is 5.32 Å². The molecule has 110 valence electrons. The van der Waals surface area contributed by atoms with E-state index >= 15 is 0 Å². The first-order valence-corrected chi connectivity index (χ1v) is 8.84. The maximum atomic E-state index is 3.75. The van der Waals surface area contributed by atoms with Crippen LogP contribution in [0.3, 0.4) is 0 Å². The average Bonchev–Trinajstić information content (AvgIpc) is 3.18. The summed E-state index contributed by atoms with van der Waals surface area (Å²) in [6.45, 7) is 6.40. The third-order valence-corrected chi connectivity index (χ3v) is 5.67. The fraction of sp³-hybridized carbons (Fsp3) is 1.00. The SMILES string of the molecule is CCCC1CCCN(C2CCC2CNC2CC2)CC1. The fourth-order valence-electron chi connectivity index (χ4n) is 4.09. The second kappa shape index (κ2) is 6.58. The van der Waals surface area contributed by atoms with Crippen molar-refractivity contribution in [3.8, 4) is 0 Å². The van der Waals surface area contributed by atoms with Gasteiger partial charge in [0, 0.05) is 12.1 Å². The van der Waals surface area contributed by atoms with Crippen LogP contribution in [-0.4, -0.2) is 36.6 Å². The first-order valence-electron chi connectivity index (χ1n) is 8.84. The van der Waals surface area contributed by atoms with Crippen LogP contribution in [-0.2, 0) is 0 Å². The number of hydrogen-bond acceptors (Lipinski definition) is 2. The summed E-state index contributed by atoms with van der Waals surface area (Å²) in [6.07, 6.45) is 13.0. The summed E-state index contributed by atoms with van der Waals surface area (Å²) in [5, 5.41) is 3.75. The maximum Gasteiger partial charge on any atom is 0.0136 e. The summed E-state index contributed by atoms with van der Waals surface area (Å²) in [6, 6.07) is 1.81. The summed E-state index contributed by atoms with van der Waals surface area (Å²) >= 11 is 0. The number of rotatable bonds is 6. The van der Waals surface area contributed by atoms with Crippen LogP contribution in [0.25, 0.3) is 0 Å². The molecule has 1 N–H and O–H groups in total. The summed E-state index contributed by atoms with van der Waals surface area (Å²) in [7, 11) is 0. The van der Waals surface area contributed by atoms with Crippen LogP contribution in [0.15, 0.2) is 0 Å². The van der Waals surface area contributed by atoms with Crippen molar-refractivity contribution < 1.29 is 0 Å². The Balaban J connectivity index is 1.42. The third kappa shape index (κ3) is 3.72. The zero-order chi connectivity index (χ0) is 13.1. The minimum atomic E-state index is 0.888. The lowest BCUT2D eigenvalue weighted by Crippen LogP contribution is -2.51. The van der Waals surface area contributed by atoms with Crippen molar-refractivity contribution in [2.75, 3.05) is 19.6 Å². The monoisotopic (exact) mass is 264 g/mol. The maximum absolute atomic E-state index is 3.75. The molecule has 2 saturated carbocycles. The van der Waals surface area contributed by atoms with Gasteiger partial charge in [0.25, 0.3) is 0 Å². The normalized spacial score (nSPS) is 36.8. The van der Waals surface area contributed by atoms with E-state index in [0.717, 1.165) is 23.9 Å². The van der Waals surface area contributed by atoms with Crippen LogP contribution in [0.5, 0.6) is 0 Å². The number of nitrogens with one attached hydrogen (secondary N) is 1. The van der Waals surface area contributed by atoms with E-state index in [-0.39, 0.29) is 0 Å². The summed E-state index contributed by atoms with van der Waals surface area (Å²) < 4.78 is 0. The predicted molar refractivity (Wildman–Crippen MR) is 81.4 cm³/mol. The van der Waals surface area contributed by atoms with Gasteiger partial charge in [-0.25, -0.2) is 0 Å². The Morgan fingerprint density at radius 3 is 2.58 bits per heavy atom. The molecule has 0 bridgehead atoms. The van der Waals surface area contributed by atoms with Crippen molar-refractivity contribution >= 4 is 0 Å². The van der Waals surface area contributed by atoms with Crippen LogP contribution >= 0.6 is 0 Å². The van der Waals surface area contributed by atoms with Gasteiger partial charge in [-0.2, -0.15) is 0 Å². The summed E-state index contributed by atoms with van der Waals surface area (Å²) in [4.78, 5) is 2.85. The molecule has 2 heteroatoms. The summed E-state index contributed by atoms with van der Waals surface area (Å²) in [5.41, 5.74) is 0. The summed E-state index contributed by atoms with van der Waals surface area (Å²) in [5.74, 6) is 1.99. The van der Waals surface area contributed by atoms with Crippen molar-refractivity contribution in [3.05, 3.63) is 0 Å². The largest absolute Gasteiger partial charge is 0.314 e. The average molecular weight is 264 g/mol. The number of likely N-dealkylation sites (tertiary alicyclic amines) is 1. The van der Waals surface area contributed by atoms with Gasteiger partial charge in [-0.05, 0) is 76.4 Å². The third-order valence-electron chi connectivity index (χ3n) is 5.67. The molecule has 3 rings (SSSR count). The van der Waals surface area contributed by atoms with Gasteiger partial charge in [0.1, 0.15) is 0 Å². The van der Waals surface area contributed by atoms with E-state index in [1.54, 1.807) is 0 Å². The van der Waals surface area contributed by atoms with E-state index in [4.69, 9.17) is 0 Å². The lowest BCUT2D eigenvalue weighted by Gasteiger charge is -2.44. The van der Waals surface area contributed by atoms with Gasteiger partial charge in [0.15, 0.2) is 0 Å². The zero-order valence-electron chi connectivity index (χ0n) is 12.7. The Bertz CT molecular complexity index is 274. The molecular weight excluding hydrogens is 232 g/mol. The molecule has 3 atom stereocenters. The Kier molecular flexibility index (Phi) is 4.81. The minimum absolute atomic E-state index is 0.888. The molecule has 3 fully saturated rings. The quantitative estimate of drug-likeness (QED) is 0.791. The number of hydrogen-bond donors (Lipinski definition) is 1. The second-order valence-corrected chi connectivity index (χ2v) is 7.21. The van der Waals surface area contributed by atoms with Crippen LogP contribution in [0.4, 0.5) is 0 Å². The minimum Gasteiger partial charge on any atom is -0.314 e. The van der Waals surface area contributed by atoms with Crippen LogP contribution in [0.2, 0.25) is 0 Å². The van der Waals surface area contributed by atoms with E-state index in [1.165, 1.54) is 77.4 Å². The Morgan fingerprint density at radius 2 is 1.89 bits per heavy atom. The smallest absolute Gasteiger partial charge is 0.0136 e. The van der Waals surface area contributed by atoms with Gasteiger partial charge in [-0.3, -0.25) is 0 Å². The Morgan fingerprint density at radius 1 is 1.00 bits per heavy atom. The lowest BCUT2D eigenvalue weighted by molar-refractivity contribution is 0.0634. The van der Waals surface area contributed by atoms with Gasteiger partial charge >= 0.3 is 0 Å². The molecule has 2 nitrogen and oxygen atoms in total. The standard InChI is InChI=1S/C17H32N2/c1-2-4-14-5-3-11-19(12-10-14)17-9-6-15(17)13-18-16-7-8-16/h14-18H,2-13H2,1H3. The molecule has 19 heavy (non-hydrogen) atoms. The Hall–Kier alpha value is -0.0800. The Labute approximate surface area is 119 Å². The van der Waals surface area contributed by atoms with Crippen LogP contribution in [0.1, 0.15) is 64.7 Å². The van der Waals surface area contributed by atoms with E-state index in [0.29, 0.717) is 0 Å². The van der Waals surface area contributed by atoms with Crippen molar-refractivity contribution in [3.63, 3.8) is 0 Å². The molecule has 1 saturated heterocycles. The second-order valence-electron chi connectivity index (χ2n) is 7.21. The first kappa shape index (κ1) is 13.9. The molecule has 0 amide bonds. The van der Waals surface area contributed by atoms with Crippen LogP contribution in [0, 0.1) is 11.8 Å². The topological polar surface area (TPSA) is 15.3 Å². The molecule has 0 spiro atoms. The van der Waals surface area contributed by atoms with E-state index in [2.05, 4.69) is 17.1 Å². The van der Waals surface area contributed by atoms with E-state index < -0.39 is 0 Å². The molecule has 3 aliphatic rings. The zero-order valence-corrected chi connectivity index (χ0v) is 12.7. The molecular formula is C17H32N2. The molecule has 2 aliphatic carbocycles. The fourth-order valence-corrected chi connectivity index (χ4v) is 4.09. The van der Waals surface area contributed by atoms with Crippen molar-refractivity contribution in [2.45, 2.75) is 76.8 Å². The highest BCUT2D eigenvalue weighted by atomic mass is 15.2. The van der Waals surface area contributed by atoms with Gasteiger partial charge in [0.05, 0.1) is 0 Å². The van der Waals surface area contributed by atoms with Gasteiger partial charge in [-0.15, -0.1) is 0 Å². The first-order chi connectivity index (χ1) is 9.36. The predicted octanol–water partition coefficient (Wildman–Crippen LogP) is 3.42. The van der Waals surface area contributed by atoms with Gasteiger partial charge < -0.3 is 10.2 Å². The highest BCUT2D eigenvalue weighted by Crippen LogP contribution is 2.35. The van der Waals surface area contributed by atoms with E-state index in [9.17, 15) is 0 Å². The van der Waals surface area contributed by atoms with Crippen molar-refractivity contribution in [1.29, 1.82) is 0 Å². The molecule has 0 radical (unpaired) electrons. The van der Waals surface area contributed by atoms with Gasteiger partial charge in [0.2, 0.25) is 0 Å². The molecule has 3 unspecified atom stereocenters. The highest BCUT2D eigenvalue weighted by molar-refractivity contribution is 4.93. The van der Waals surface area contributed by atoms with Crippen molar-refractivity contribution in [1.82, 2.24) is 10.2 Å². The van der Waals surface area contributed by atoms with E-state index in [1.807, 2.05) is 0 Å². The van der Waals surface area contributed by atoms with Crippen molar-refractivity contribution in [2.24, 2.45) is 11.8 Å². The molecule has 0 aromatic carbocycles. The molecule has 1 aliphatic heterocycles. The molecule has 0 aromatic heterocycles. The highest BCUT2D eigenvalue weighted by Gasteiger charge is 2.36. The van der Waals surface area contributed by atoms with Gasteiger partial charge in [-0.1, -0.05) is 19.8 Å².